The molecule has 0 spiro atoms. The zero-order chi connectivity index (χ0) is 93.6. The molecule has 6 atom stereocenters. The Morgan fingerprint density at radius 3 is 1.09 bits per heavy atom. The van der Waals surface area contributed by atoms with Crippen LogP contribution in [0, 0.1) is 34.6 Å². The number of aryl methyl sites for hydroxylation is 3. The molecule has 0 radical (unpaired) electrons. The molecule has 6 aromatic heterocycles. The Kier molecular flexibility index (Phi) is 37.5. The molecule has 9 aromatic rings. The second-order valence-electron chi connectivity index (χ2n) is 37.2. The topological polar surface area (TPSA) is 290 Å². The molecule has 3 N–H and O–H groups in total. The Bertz CT molecular complexity index is 5840. The number of alkyl halides is 7. The first-order chi connectivity index (χ1) is 63.0. The molecule has 18 rings (SSSR count). The van der Waals surface area contributed by atoms with Gasteiger partial charge in [-0.3, -0.25) is 44.4 Å². The van der Waals surface area contributed by atoms with Gasteiger partial charge in [-0.1, -0.05) is 42.4 Å². The minimum Gasteiger partial charge on any atom is -0.462 e. The van der Waals surface area contributed by atoms with Crippen molar-refractivity contribution in [2.75, 3.05) is 209 Å². The summed E-state index contributed by atoms with van der Waals surface area (Å²) in [5.74, 6) is 0.366. The van der Waals surface area contributed by atoms with Gasteiger partial charge in [0.1, 0.15) is 61.0 Å². The maximum absolute atomic E-state index is 14.7. The molecule has 139 heavy (non-hydrogen) atoms. The van der Waals surface area contributed by atoms with Gasteiger partial charge in [-0.05, 0) is 148 Å². The zero-order valence-corrected chi connectivity index (χ0v) is 81.6. The highest BCUT2D eigenvalue weighted by atomic mass is 32.1. The molecule has 6 fully saturated rings. The maximum Gasteiger partial charge on any atom is 0.418 e. The molecule has 0 aliphatic carbocycles. The molecular weight excluding hydrogens is 1860 g/mol. The van der Waals surface area contributed by atoms with Crippen LogP contribution in [0.15, 0.2) is 73.5 Å². The number of anilines is 6. The number of likely N-dealkylation sites (N-methyl/N-ethyl adjacent to an activating group) is 3. The molecule has 31 nitrogen and oxygen atoms in total. The smallest absolute Gasteiger partial charge is 0.418 e. The number of nitrogens with zero attached hydrogens (tertiary/aromatic N) is 21. The fourth-order valence-corrected chi connectivity index (χ4v) is 20.4. The van der Waals surface area contributed by atoms with Gasteiger partial charge < -0.3 is 63.0 Å². The van der Waals surface area contributed by atoms with Crippen LogP contribution in [-0.4, -0.2) is 322 Å². The first-order valence-electron chi connectivity index (χ1n) is 45.2. The average Bonchev–Trinajstić information content (AvgIpc) is 1.74. The van der Waals surface area contributed by atoms with E-state index in [2.05, 4.69) is 101 Å². The largest absolute Gasteiger partial charge is 0.462 e. The number of amides is 3. The summed E-state index contributed by atoms with van der Waals surface area (Å²) >= 11 is 0. The molecule has 3 unspecified atom stereocenters. The SMILES string of the molecule is C.C.C.C.C=C(F)C(=O)N1CCN(c2nc(OC[C@@H]3CC(C)(F)CN3C)nc3c2CCN(c2c(C)c(C)cc4[nH]ncc24)C3)CC1.COC/C=C/C(=O)N1CCN(c2nc(OC[C@@H]3CC(C)(F)CN3C)nc3c2CCN(c2c(C(F)(F)F)c(C)cc4[nH]ncc24)C3)CC1.Cc1cc2[nH]ncc2c(N2CCc3c(nc(OC[C@@H]4CC(C)(F)CN4C)nc3N3CCN(C(=O)/C=C/CF)CC3)C2)c1C.S.S.S. The highest BCUT2D eigenvalue weighted by Crippen LogP contribution is 2.47. The standard InChI is InChI=1S/C32H40F4N8O3.C31H40F2N8O2.C30H38F2N8O2.4CH4.3H2S/c1-20-14-24-23(16-37-40-24)28(27(20)32(34,35)36)44-8-7-22-25(17-44)38-30(47-18-21-15-31(2,33)19-41(21)3)39-29(22)43-11-9-42(10-12-43)26(45)6-5-13-46-4;1-20-14-25-24(16-34-37-25)28(21(20)2)41-9-7-23-26(17-41)35-30(43-18-22-15-31(3,33)19-38(22)4)36-29(23)40-12-10-39(11-13-40)27(42)6-5-8-32;1-18-12-24-23(14-33-36-24)26(19(18)2)40-7-6-22-25(15-40)34-29(42-16-21-13-30(4,32)17-37(21)5)35-27(22)38-8-10-39(11-9-38)28(41)20(3)31;;;;;;;/h5-6,14,16,21H,7-13,15,17-19H2,1-4H3,(H,37,40);5-6,14,16,22H,7-13,15,17-19H2,1-4H3,(H,34,37);12,14,21H,3,6-11,13,15-17H2,1-2,4-5H3,(H,33,36);4*1H4;3*1H2/b2*6-5+;;;;;;;;/t21-,31?;22-,31?;21-,30?;;;;;;;/m000......./s1. The minimum atomic E-state index is -4.58. The molecular formula is C97H140F8N24O7S3. The Balaban J connectivity index is 0.000000228. The minimum absolute atomic E-state index is 0. The summed E-state index contributed by atoms with van der Waals surface area (Å²) in [6, 6.07) is 6.04. The summed E-state index contributed by atoms with van der Waals surface area (Å²) in [6.07, 6.45) is 9.29. The number of hydrogen-bond acceptors (Lipinski definition) is 25. The number of hydrogen-bond donors (Lipinski definition) is 3. The molecule has 0 bridgehead atoms. The van der Waals surface area contributed by atoms with E-state index < -0.39 is 47.2 Å². The molecule has 0 saturated carbocycles. The van der Waals surface area contributed by atoms with Crippen LogP contribution in [0.4, 0.5) is 69.6 Å². The number of allylic oxidation sites excluding steroid dienone is 1. The molecule has 42 heteroatoms. The van der Waals surface area contributed by atoms with Crippen molar-refractivity contribution in [1.82, 2.24) is 89.9 Å². The second kappa shape index (κ2) is 46.5. The van der Waals surface area contributed by atoms with Crippen LogP contribution in [0.5, 0.6) is 18.0 Å². The van der Waals surface area contributed by atoms with Gasteiger partial charge in [0.05, 0.1) is 101 Å². The maximum atomic E-state index is 14.7. The quantitative estimate of drug-likeness (QED) is 0.0445. The average molecular weight is 2000 g/mol. The first kappa shape index (κ1) is 112. The van der Waals surface area contributed by atoms with Crippen LogP contribution in [0.1, 0.15) is 137 Å². The van der Waals surface area contributed by atoms with Crippen LogP contribution in [0.2, 0.25) is 0 Å². The van der Waals surface area contributed by atoms with Gasteiger partial charge in [0.25, 0.3) is 5.91 Å². The third kappa shape index (κ3) is 24.8. The summed E-state index contributed by atoms with van der Waals surface area (Å²) in [4.78, 5) is 90.0. The third-order valence-electron chi connectivity index (χ3n) is 27.2. The van der Waals surface area contributed by atoms with Crippen molar-refractivity contribution in [1.29, 1.82) is 0 Å². The van der Waals surface area contributed by atoms with Gasteiger partial charge in [0.2, 0.25) is 11.8 Å². The Labute approximate surface area is 831 Å². The number of piperazine rings is 3. The number of aromatic amines is 3. The Hall–Kier alpha value is -10.5. The number of fused-ring (bicyclic) bond motifs is 6. The fraction of sp³-hybridized carbons (Fsp3) is 0.567. The van der Waals surface area contributed by atoms with Crippen molar-refractivity contribution in [2.24, 2.45) is 0 Å². The number of H-pyrrole nitrogens is 3. The lowest BCUT2D eigenvalue weighted by Crippen LogP contribution is -2.49. The number of ether oxygens (including phenoxy) is 4. The van der Waals surface area contributed by atoms with E-state index in [9.17, 15) is 49.5 Å². The van der Waals surface area contributed by atoms with Crippen molar-refractivity contribution in [3.05, 3.63) is 141 Å². The van der Waals surface area contributed by atoms with Crippen LogP contribution in [0.3, 0.4) is 0 Å². The fourth-order valence-electron chi connectivity index (χ4n) is 20.4. The number of likely N-dealkylation sites (tertiary alicyclic amines) is 3. The number of carbonyl (C=O) groups is 3. The highest BCUT2D eigenvalue weighted by molar-refractivity contribution is 7.59. The van der Waals surface area contributed by atoms with E-state index in [1.165, 1.54) is 64.6 Å². The molecule has 15 heterocycles. The van der Waals surface area contributed by atoms with Crippen molar-refractivity contribution < 1.29 is 68.5 Å². The van der Waals surface area contributed by atoms with Gasteiger partial charge in [0.15, 0.2) is 5.83 Å². The van der Waals surface area contributed by atoms with E-state index >= 15 is 0 Å². The molecule has 9 aliphatic heterocycles. The summed E-state index contributed by atoms with van der Waals surface area (Å²) in [5, 5.41) is 24.2. The van der Waals surface area contributed by atoms with Gasteiger partial charge in [-0.2, -0.15) is 98.9 Å². The van der Waals surface area contributed by atoms with E-state index in [0.717, 1.165) is 98.8 Å². The van der Waals surface area contributed by atoms with Crippen LogP contribution < -0.4 is 43.6 Å². The molecule has 3 aromatic carbocycles. The third-order valence-corrected chi connectivity index (χ3v) is 27.2. The lowest BCUT2D eigenvalue weighted by atomic mass is 9.98. The first-order valence-corrected chi connectivity index (χ1v) is 45.2. The number of methoxy groups -OCH3 is 1. The van der Waals surface area contributed by atoms with Crippen molar-refractivity contribution in [3.8, 4) is 18.0 Å². The lowest BCUT2D eigenvalue weighted by Gasteiger charge is -2.38. The summed E-state index contributed by atoms with van der Waals surface area (Å²) in [5.41, 5.74) is 10.6. The van der Waals surface area contributed by atoms with Crippen LogP contribution in [-0.2, 0) is 64.2 Å². The predicted octanol–water partition coefficient (Wildman–Crippen LogP) is 13.8. The van der Waals surface area contributed by atoms with Gasteiger partial charge in [-0.25, -0.2) is 22.0 Å². The van der Waals surface area contributed by atoms with E-state index in [0.29, 0.717) is 173 Å². The summed E-state index contributed by atoms with van der Waals surface area (Å²) < 4.78 is 137. The zero-order valence-electron chi connectivity index (χ0n) is 78.6. The number of carbonyl (C=O) groups excluding carboxylic acids is 3. The normalized spacial score (nSPS) is 21.7. The molecule has 3 amide bonds. The number of benzene rings is 3. The summed E-state index contributed by atoms with van der Waals surface area (Å²) in [7, 11) is 7.23. The van der Waals surface area contributed by atoms with Gasteiger partial charge in [-0.15, -0.1) is 0 Å². The van der Waals surface area contributed by atoms with Gasteiger partial charge >= 0.3 is 24.2 Å². The number of nitrogens with one attached hydrogen (secondary N) is 3. The van der Waals surface area contributed by atoms with Crippen molar-refractivity contribution in [2.45, 2.75) is 185 Å². The Morgan fingerprint density at radius 2 is 0.784 bits per heavy atom. The summed E-state index contributed by atoms with van der Waals surface area (Å²) in [6.45, 7) is 28.4. The van der Waals surface area contributed by atoms with E-state index in [4.69, 9.17) is 48.9 Å². The lowest BCUT2D eigenvalue weighted by molar-refractivity contribution is -0.137. The van der Waals surface area contributed by atoms with Crippen LogP contribution in [0.25, 0.3) is 32.7 Å². The number of rotatable bonds is 21. The van der Waals surface area contributed by atoms with E-state index in [1.807, 2.05) is 48.2 Å². The monoisotopic (exact) mass is 2000 g/mol. The van der Waals surface area contributed by atoms with Gasteiger partial charge in [0, 0.05) is 207 Å². The second-order valence-corrected chi connectivity index (χ2v) is 37.2. The van der Waals surface area contributed by atoms with Crippen molar-refractivity contribution >= 4 is 125 Å². The molecule has 6 saturated heterocycles. The Morgan fingerprint density at radius 1 is 0.468 bits per heavy atom. The number of aromatic nitrogens is 12. The highest BCUT2D eigenvalue weighted by Gasteiger charge is 2.45. The van der Waals surface area contributed by atoms with Crippen LogP contribution >= 0.6 is 40.5 Å². The molecule has 9 aliphatic rings. The van der Waals surface area contributed by atoms with Crippen molar-refractivity contribution in [3.63, 3.8) is 0 Å². The molecule has 764 valence electrons. The van der Waals surface area contributed by atoms with E-state index in [-0.39, 0.29) is 156 Å². The number of halogens is 8. The predicted molar refractivity (Wildman–Crippen MR) is 546 cm³/mol. The van der Waals surface area contributed by atoms with E-state index in [1.54, 1.807) is 48.7 Å².